The molecule has 3 nitrogen and oxygen atoms in total. The van der Waals surface area contributed by atoms with Gasteiger partial charge in [-0.05, 0) is 44.7 Å². The molecule has 1 aliphatic rings. The second-order valence-electron chi connectivity index (χ2n) is 5.50. The molecule has 1 saturated heterocycles. The molecule has 19 heavy (non-hydrogen) atoms. The highest BCUT2D eigenvalue weighted by Crippen LogP contribution is 2.27. The summed E-state index contributed by atoms with van der Waals surface area (Å²) in [6.45, 7) is 9.14. The molecule has 0 bridgehead atoms. The lowest BCUT2D eigenvalue weighted by Crippen LogP contribution is -2.43. The minimum atomic E-state index is -0.109. The molecule has 2 atom stereocenters. The molecule has 2 rings (SSSR count). The largest absolute Gasteiger partial charge is 0.310 e. The van der Waals surface area contributed by atoms with Gasteiger partial charge < -0.3 is 10.2 Å². The van der Waals surface area contributed by atoms with Gasteiger partial charge in [0.05, 0.1) is 6.04 Å². The number of carbonyl (C=O) groups excluding carboxylic acids is 1. The number of carbonyl (C=O) groups is 1. The number of nitrogens with zero attached hydrogens (tertiary/aromatic N) is 1. The smallest absolute Gasteiger partial charge is 0.243 e. The van der Waals surface area contributed by atoms with Gasteiger partial charge in [-0.25, -0.2) is 0 Å². The maximum absolute atomic E-state index is 12.6. The summed E-state index contributed by atoms with van der Waals surface area (Å²) in [6.07, 6.45) is 1.95. The first-order valence-electron chi connectivity index (χ1n) is 7.20. The minimum Gasteiger partial charge on any atom is -0.310 e. The summed E-state index contributed by atoms with van der Waals surface area (Å²) in [5.41, 5.74) is 3.57. The quantitative estimate of drug-likeness (QED) is 0.886. The van der Waals surface area contributed by atoms with Crippen molar-refractivity contribution >= 4 is 11.6 Å². The van der Waals surface area contributed by atoms with Crippen molar-refractivity contribution < 1.29 is 4.79 Å². The van der Waals surface area contributed by atoms with Gasteiger partial charge >= 0.3 is 0 Å². The summed E-state index contributed by atoms with van der Waals surface area (Å²) in [5.74, 6) is 0.188. The lowest BCUT2D eigenvalue weighted by molar-refractivity contribution is -0.119. The van der Waals surface area contributed by atoms with Gasteiger partial charge in [0.1, 0.15) is 0 Å². The standard InChI is InChI=1S/C16H24N2O/c1-5-14-8-6-7-11(2)15(14)18-10-9-12(3)17-13(4)16(18)19/h6-8,12-13,17H,5,9-10H2,1-4H3. The molecule has 2 unspecified atom stereocenters. The van der Waals surface area contributed by atoms with E-state index < -0.39 is 0 Å². The van der Waals surface area contributed by atoms with Gasteiger partial charge in [0, 0.05) is 18.3 Å². The molecule has 0 spiro atoms. The first-order valence-corrected chi connectivity index (χ1v) is 7.20. The highest BCUT2D eigenvalue weighted by Gasteiger charge is 2.28. The van der Waals surface area contributed by atoms with Gasteiger partial charge in [-0.15, -0.1) is 0 Å². The molecular weight excluding hydrogens is 236 g/mol. The van der Waals surface area contributed by atoms with Gasteiger partial charge in [-0.3, -0.25) is 4.79 Å². The molecule has 0 aromatic heterocycles. The van der Waals surface area contributed by atoms with E-state index in [1.807, 2.05) is 11.8 Å². The van der Waals surface area contributed by atoms with Crippen LogP contribution in [-0.4, -0.2) is 24.5 Å². The van der Waals surface area contributed by atoms with Gasteiger partial charge in [0.2, 0.25) is 5.91 Å². The van der Waals surface area contributed by atoms with Crippen LogP contribution in [0.15, 0.2) is 18.2 Å². The van der Waals surface area contributed by atoms with Crippen LogP contribution in [0.3, 0.4) is 0 Å². The van der Waals surface area contributed by atoms with E-state index in [-0.39, 0.29) is 11.9 Å². The average molecular weight is 260 g/mol. The zero-order chi connectivity index (χ0) is 14.0. The van der Waals surface area contributed by atoms with Crippen LogP contribution in [0.1, 0.15) is 38.3 Å². The molecule has 1 heterocycles. The predicted molar refractivity (Wildman–Crippen MR) is 79.6 cm³/mol. The summed E-state index contributed by atoms with van der Waals surface area (Å²) in [4.78, 5) is 14.6. The van der Waals surface area contributed by atoms with E-state index in [2.05, 4.69) is 44.3 Å². The van der Waals surface area contributed by atoms with E-state index in [0.29, 0.717) is 6.04 Å². The van der Waals surface area contributed by atoms with Gasteiger partial charge in [0.15, 0.2) is 0 Å². The molecular formula is C16H24N2O. The van der Waals surface area contributed by atoms with Gasteiger partial charge in [0.25, 0.3) is 0 Å². The van der Waals surface area contributed by atoms with Crippen molar-refractivity contribution in [3.8, 4) is 0 Å². The Morgan fingerprint density at radius 3 is 2.79 bits per heavy atom. The Morgan fingerprint density at radius 1 is 1.37 bits per heavy atom. The van der Waals surface area contributed by atoms with Gasteiger partial charge in [-0.1, -0.05) is 25.1 Å². The summed E-state index contributed by atoms with van der Waals surface area (Å²) < 4.78 is 0. The number of benzene rings is 1. The first-order chi connectivity index (χ1) is 9.04. The summed E-state index contributed by atoms with van der Waals surface area (Å²) >= 11 is 0. The Kier molecular flexibility index (Phi) is 4.25. The number of nitrogens with one attached hydrogen (secondary N) is 1. The summed E-state index contributed by atoms with van der Waals surface area (Å²) in [6, 6.07) is 6.57. The Morgan fingerprint density at radius 2 is 2.11 bits per heavy atom. The lowest BCUT2D eigenvalue weighted by Gasteiger charge is -2.27. The van der Waals surface area contributed by atoms with Crippen molar-refractivity contribution in [1.29, 1.82) is 0 Å². The fourth-order valence-corrected chi connectivity index (χ4v) is 2.86. The van der Waals surface area contributed by atoms with Crippen LogP contribution in [0, 0.1) is 6.92 Å². The Labute approximate surface area is 116 Å². The SMILES string of the molecule is CCc1cccc(C)c1N1CCC(C)NC(C)C1=O. The number of aryl methyl sites for hydroxylation is 2. The normalized spacial score (nSPS) is 24.4. The lowest BCUT2D eigenvalue weighted by atomic mass is 10.0. The molecule has 0 saturated carbocycles. The van der Waals surface area contributed by atoms with Crippen molar-refractivity contribution in [2.45, 2.75) is 52.6 Å². The molecule has 0 aliphatic carbocycles. The molecule has 1 N–H and O–H groups in total. The fraction of sp³-hybridized carbons (Fsp3) is 0.562. The van der Waals surface area contributed by atoms with E-state index in [1.165, 1.54) is 11.1 Å². The second-order valence-corrected chi connectivity index (χ2v) is 5.50. The predicted octanol–water partition coefficient (Wildman–Crippen LogP) is 2.66. The topological polar surface area (TPSA) is 32.3 Å². The molecule has 104 valence electrons. The highest BCUT2D eigenvalue weighted by molar-refractivity contribution is 5.98. The maximum Gasteiger partial charge on any atom is 0.243 e. The van der Waals surface area contributed by atoms with Crippen LogP contribution < -0.4 is 10.2 Å². The Hall–Kier alpha value is -1.35. The third-order valence-corrected chi connectivity index (χ3v) is 3.93. The molecule has 1 aromatic carbocycles. The monoisotopic (exact) mass is 260 g/mol. The number of hydrogen-bond donors (Lipinski definition) is 1. The van der Waals surface area contributed by atoms with Crippen molar-refractivity contribution in [3.63, 3.8) is 0 Å². The van der Waals surface area contributed by atoms with Crippen LogP contribution in [0.25, 0.3) is 0 Å². The number of amides is 1. The van der Waals surface area contributed by atoms with E-state index in [4.69, 9.17) is 0 Å². The van der Waals surface area contributed by atoms with Crippen molar-refractivity contribution in [2.24, 2.45) is 0 Å². The maximum atomic E-state index is 12.6. The van der Waals surface area contributed by atoms with E-state index in [0.717, 1.165) is 25.1 Å². The Balaban J connectivity index is 2.42. The van der Waals surface area contributed by atoms with E-state index in [9.17, 15) is 4.79 Å². The minimum absolute atomic E-state index is 0.109. The van der Waals surface area contributed by atoms with Crippen molar-refractivity contribution in [2.75, 3.05) is 11.4 Å². The molecule has 1 aliphatic heterocycles. The molecule has 1 amide bonds. The average Bonchev–Trinajstić information content (AvgIpc) is 2.50. The zero-order valence-corrected chi connectivity index (χ0v) is 12.4. The number of rotatable bonds is 2. The number of para-hydroxylation sites is 1. The third-order valence-electron chi connectivity index (χ3n) is 3.93. The van der Waals surface area contributed by atoms with Gasteiger partial charge in [-0.2, -0.15) is 0 Å². The highest BCUT2D eigenvalue weighted by atomic mass is 16.2. The molecule has 1 aromatic rings. The van der Waals surface area contributed by atoms with Crippen LogP contribution in [-0.2, 0) is 11.2 Å². The third kappa shape index (κ3) is 2.81. The Bertz CT molecular complexity index is 470. The van der Waals surface area contributed by atoms with Crippen molar-refractivity contribution in [1.82, 2.24) is 5.32 Å². The molecule has 3 heteroatoms. The van der Waals surface area contributed by atoms with Crippen LogP contribution >= 0.6 is 0 Å². The van der Waals surface area contributed by atoms with Crippen LogP contribution in [0.2, 0.25) is 0 Å². The van der Waals surface area contributed by atoms with Crippen LogP contribution in [0.4, 0.5) is 5.69 Å². The summed E-state index contributed by atoms with van der Waals surface area (Å²) in [7, 11) is 0. The van der Waals surface area contributed by atoms with Crippen molar-refractivity contribution in [3.05, 3.63) is 29.3 Å². The summed E-state index contributed by atoms with van der Waals surface area (Å²) in [5, 5.41) is 3.36. The fourth-order valence-electron chi connectivity index (χ4n) is 2.86. The number of anilines is 1. The van der Waals surface area contributed by atoms with Crippen LogP contribution in [0.5, 0.6) is 0 Å². The molecule has 0 radical (unpaired) electrons. The second kappa shape index (κ2) is 5.74. The first kappa shape index (κ1) is 14.1. The van der Waals surface area contributed by atoms with E-state index >= 15 is 0 Å². The van der Waals surface area contributed by atoms with E-state index in [1.54, 1.807) is 0 Å². The molecule has 1 fully saturated rings. The number of hydrogen-bond acceptors (Lipinski definition) is 2. The zero-order valence-electron chi connectivity index (χ0n) is 12.4.